The maximum Gasteiger partial charge on any atom is 0.252 e. The molecule has 0 aliphatic rings. The molecule has 3 aromatic carbocycles. The van der Waals surface area contributed by atoms with Crippen LogP contribution in [0, 0.1) is 12.3 Å². The minimum absolute atomic E-state index is 0.0311. The fourth-order valence-electron chi connectivity index (χ4n) is 5.59. The average Bonchev–Trinajstić information content (AvgIpc) is 3.02. The van der Waals surface area contributed by atoms with E-state index >= 15 is 0 Å². The molecule has 4 aromatic rings. The lowest BCUT2D eigenvalue weighted by molar-refractivity contribution is -0.121. The summed E-state index contributed by atoms with van der Waals surface area (Å²) in [6.07, 6.45) is 1.13. The molecule has 7 nitrogen and oxygen atoms in total. The standard InChI is InChI=1S/C37H45N3O4S/c1-25-20-27(14-17-35(25)44-7)32-21-30(29-10-8-9-11-31(29)38-32)36(42)39-33(34(41)18-19-37(2,3)24-40(4)5)23-45-22-26-12-15-28(43-6)16-13-26/h8-17,20-21,33H,18-19,22-24H2,1-7H3,(H,39,42). The molecule has 0 aliphatic carbocycles. The second-order valence-corrected chi connectivity index (χ2v) is 13.5. The van der Waals surface area contributed by atoms with Crippen molar-refractivity contribution in [2.45, 2.75) is 45.4 Å². The maximum atomic E-state index is 14.0. The minimum Gasteiger partial charge on any atom is -0.497 e. The number of nitrogens with zero attached hydrogens (tertiary/aromatic N) is 2. The molecule has 0 saturated heterocycles. The molecule has 0 bridgehead atoms. The predicted octanol–water partition coefficient (Wildman–Crippen LogP) is 7.20. The van der Waals surface area contributed by atoms with Gasteiger partial charge in [-0.15, -0.1) is 0 Å². The number of fused-ring (bicyclic) bond motifs is 1. The van der Waals surface area contributed by atoms with Gasteiger partial charge in [0.25, 0.3) is 5.91 Å². The van der Waals surface area contributed by atoms with E-state index in [1.807, 2.05) is 93.8 Å². The summed E-state index contributed by atoms with van der Waals surface area (Å²) in [5.41, 5.74) is 4.87. The molecule has 8 heteroatoms. The summed E-state index contributed by atoms with van der Waals surface area (Å²) in [5, 5.41) is 3.87. The Labute approximate surface area is 271 Å². The molecule has 1 unspecified atom stereocenters. The highest BCUT2D eigenvalue weighted by atomic mass is 32.2. The Bertz CT molecular complexity index is 1620. The summed E-state index contributed by atoms with van der Waals surface area (Å²) >= 11 is 1.64. The van der Waals surface area contributed by atoms with Crippen LogP contribution in [0.5, 0.6) is 11.5 Å². The van der Waals surface area contributed by atoms with Gasteiger partial charge in [0.1, 0.15) is 11.5 Å². The Morgan fingerprint density at radius 3 is 2.38 bits per heavy atom. The van der Waals surface area contributed by atoms with Crippen molar-refractivity contribution in [2.75, 3.05) is 40.6 Å². The van der Waals surface area contributed by atoms with E-state index in [1.165, 1.54) is 0 Å². The SMILES string of the molecule is COc1ccc(CSCC(NC(=O)c2cc(-c3ccc(OC)c(C)c3)nc3ccccc23)C(=O)CCC(C)(C)CN(C)C)cc1. The number of rotatable bonds is 15. The van der Waals surface area contributed by atoms with Crippen LogP contribution in [0.4, 0.5) is 0 Å². The van der Waals surface area contributed by atoms with Crippen molar-refractivity contribution in [1.29, 1.82) is 0 Å². The lowest BCUT2D eigenvalue weighted by atomic mass is 9.86. The van der Waals surface area contributed by atoms with Crippen molar-refractivity contribution in [3.63, 3.8) is 0 Å². The number of ether oxygens (including phenoxy) is 2. The maximum absolute atomic E-state index is 14.0. The number of amides is 1. The first-order valence-electron chi connectivity index (χ1n) is 15.2. The highest BCUT2D eigenvalue weighted by Gasteiger charge is 2.26. The quantitative estimate of drug-likeness (QED) is 0.149. The molecule has 0 spiro atoms. The van der Waals surface area contributed by atoms with Crippen molar-refractivity contribution in [2.24, 2.45) is 5.41 Å². The first kappa shape index (κ1) is 34.0. The van der Waals surface area contributed by atoms with E-state index in [2.05, 4.69) is 24.1 Å². The van der Waals surface area contributed by atoms with Gasteiger partial charge in [0.2, 0.25) is 0 Å². The molecule has 1 N–H and O–H groups in total. The molecule has 238 valence electrons. The molecule has 0 aliphatic heterocycles. The molecular formula is C37H45N3O4S. The predicted molar refractivity (Wildman–Crippen MR) is 185 cm³/mol. The summed E-state index contributed by atoms with van der Waals surface area (Å²) in [5.74, 6) is 2.54. The molecule has 4 rings (SSSR count). The van der Waals surface area contributed by atoms with Crippen LogP contribution < -0.4 is 14.8 Å². The van der Waals surface area contributed by atoms with Crippen molar-refractivity contribution in [3.05, 3.63) is 89.5 Å². The number of aryl methyl sites for hydroxylation is 1. The Morgan fingerprint density at radius 1 is 0.978 bits per heavy atom. The third-order valence-electron chi connectivity index (χ3n) is 7.85. The number of carbonyl (C=O) groups is 2. The molecule has 0 radical (unpaired) electrons. The fraction of sp³-hybridized carbons (Fsp3) is 0.378. The molecule has 0 fully saturated rings. The highest BCUT2D eigenvalue weighted by molar-refractivity contribution is 7.98. The number of Topliss-reactive ketones (excluding diaryl/α,β-unsaturated/α-hetero) is 1. The largest absolute Gasteiger partial charge is 0.497 e. The van der Waals surface area contributed by atoms with Gasteiger partial charge >= 0.3 is 0 Å². The minimum atomic E-state index is -0.630. The van der Waals surface area contributed by atoms with E-state index in [-0.39, 0.29) is 17.1 Å². The number of thioether (sulfide) groups is 1. The van der Waals surface area contributed by atoms with E-state index < -0.39 is 6.04 Å². The number of hydrogen-bond donors (Lipinski definition) is 1. The first-order valence-corrected chi connectivity index (χ1v) is 16.4. The van der Waals surface area contributed by atoms with Gasteiger partial charge in [-0.3, -0.25) is 9.59 Å². The van der Waals surface area contributed by atoms with Crippen LogP contribution in [-0.4, -0.2) is 68.2 Å². The summed E-state index contributed by atoms with van der Waals surface area (Å²) in [6.45, 7) is 7.21. The summed E-state index contributed by atoms with van der Waals surface area (Å²) in [6, 6.07) is 22.6. The van der Waals surface area contributed by atoms with Crippen LogP contribution in [0.25, 0.3) is 22.2 Å². The summed E-state index contributed by atoms with van der Waals surface area (Å²) < 4.78 is 10.7. The van der Waals surface area contributed by atoms with E-state index in [0.29, 0.717) is 23.4 Å². The highest BCUT2D eigenvalue weighted by Crippen LogP contribution is 2.29. The number of benzene rings is 3. The summed E-state index contributed by atoms with van der Waals surface area (Å²) in [4.78, 5) is 34.8. The zero-order valence-corrected chi connectivity index (χ0v) is 28.3. The zero-order valence-electron chi connectivity index (χ0n) is 27.5. The smallest absolute Gasteiger partial charge is 0.252 e. The van der Waals surface area contributed by atoms with Gasteiger partial charge < -0.3 is 19.7 Å². The van der Waals surface area contributed by atoms with Crippen LogP contribution in [0.2, 0.25) is 0 Å². The second-order valence-electron chi connectivity index (χ2n) is 12.5. The molecular weight excluding hydrogens is 582 g/mol. The normalized spacial score (nSPS) is 12.3. The molecule has 1 amide bonds. The van der Waals surface area contributed by atoms with Crippen LogP contribution in [0.3, 0.4) is 0 Å². The molecule has 0 saturated carbocycles. The van der Waals surface area contributed by atoms with Gasteiger partial charge in [-0.05, 0) is 86.4 Å². The van der Waals surface area contributed by atoms with Crippen LogP contribution in [0.15, 0.2) is 72.8 Å². The van der Waals surface area contributed by atoms with Gasteiger partial charge in [0, 0.05) is 35.4 Å². The van der Waals surface area contributed by atoms with Gasteiger partial charge in [0.15, 0.2) is 5.78 Å². The van der Waals surface area contributed by atoms with E-state index in [9.17, 15) is 9.59 Å². The third-order valence-corrected chi connectivity index (χ3v) is 8.96. The van der Waals surface area contributed by atoms with Crippen molar-refractivity contribution >= 4 is 34.4 Å². The van der Waals surface area contributed by atoms with Gasteiger partial charge in [-0.2, -0.15) is 11.8 Å². The number of aromatic nitrogens is 1. The van der Waals surface area contributed by atoms with Gasteiger partial charge in [-0.1, -0.05) is 44.2 Å². The van der Waals surface area contributed by atoms with E-state index in [1.54, 1.807) is 26.0 Å². The third kappa shape index (κ3) is 9.31. The Kier molecular flexibility index (Phi) is 11.6. The number of hydrogen-bond acceptors (Lipinski definition) is 7. The van der Waals surface area contributed by atoms with E-state index in [0.717, 1.165) is 57.8 Å². The van der Waals surface area contributed by atoms with Gasteiger partial charge in [0.05, 0.1) is 37.0 Å². The fourth-order valence-corrected chi connectivity index (χ4v) is 6.64. The van der Waals surface area contributed by atoms with E-state index in [4.69, 9.17) is 14.5 Å². The van der Waals surface area contributed by atoms with Crippen molar-refractivity contribution in [3.8, 4) is 22.8 Å². The number of ketones is 1. The topological polar surface area (TPSA) is 80.8 Å². The number of pyridine rings is 1. The lowest BCUT2D eigenvalue weighted by Gasteiger charge is -2.28. The monoisotopic (exact) mass is 627 g/mol. The number of nitrogens with one attached hydrogen (secondary N) is 1. The molecule has 45 heavy (non-hydrogen) atoms. The average molecular weight is 628 g/mol. The number of carbonyl (C=O) groups excluding carboxylic acids is 2. The summed E-state index contributed by atoms with van der Waals surface area (Å²) in [7, 11) is 7.39. The first-order chi connectivity index (χ1) is 21.5. The Morgan fingerprint density at radius 2 is 1.71 bits per heavy atom. The Balaban J connectivity index is 1.60. The number of methoxy groups -OCH3 is 2. The second kappa shape index (κ2) is 15.4. The van der Waals surface area contributed by atoms with Crippen molar-refractivity contribution < 1.29 is 19.1 Å². The van der Waals surface area contributed by atoms with Gasteiger partial charge in [-0.25, -0.2) is 4.98 Å². The van der Waals surface area contributed by atoms with Crippen LogP contribution >= 0.6 is 11.8 Å². The van der Waals surface area contributed by atoms with Crippen LogP contribution in [0.1, 0.15) is 48.2 Å². The lowest BCUT2D eigenvalue weighted by Crippen LogP contribution is -2.43. The molecule has 1 aromatic heterocycles. The zero-order chi connectivity index (χ0) is 32.6. The molecule has 1 atom stereocenters. The molecule has 1 heterocycles. The van der Waals surface area contributed by atoms with Crippen LogP contribution in [-0.2, 0) is 10.5 Å². The Hall–Kier alpha value is -3.88. The van der Waals surface area contributed by atoms with Crippen molar-refractivity contribution in [1.82, 2.24) is 15.2 Å². The number of para-hydroxylation sites is 1.